The minimum atomic E-state index is -1.27. The van der Waals surface area contributed by atoms with Gasteiger partial charge in [0.1, 0.15) is 17.5 Å². The number of nitrogens with one attached hydrogen (secondary N) is 2. The number of nitrogen functional groups attached to an aromatic ring is 1. The molecule has 0 aliphatic heterocycles. The number of hydrogen-bond acceptors (Lipinski definition) is 5. The van der Waals surface area contributed by atoms with Crippen LogP contribution in [-0.4, -0.2) is 17.7 Å². The van der Waals surface area contributed by atoms with Gasteiger partial charge in [-0.3, -0.25) is 5.32 Å². The van der Waals surface area contributed by atoms with Crippen LogP contribution in [0.3, 0.4) is 0 Å². The molecule has 4 N–H and O–H groups in total. The van der Waals surface area contributed by atoms with Gasteiger partial charge in [-0.05, 0) is 25.1 Å². The summed E-state index contributed by atoms with van der Waals surface area (Å²) in [5, 5.41) is 5.09. The highest BCUT2D eigenvalue weighted by atomic mass is 19.2. The molecule has 9 heteroatoms. The summed E-state index contributed by atoms with van der Waals surface area (Å²) in [5.74, 6) is -3.05. The van der Waals surface area contributed by atoms with Crippen LogP contribution >= 0.6 is 0 Å². The molecule has 0 aliphatic carbocycles. The third-order valence-electron chi connectivity index (χ3n) is 2.97. The highest BCUT2D eigenvalue weighted by molar-refractivity contribution is 5.88. The Morgan fingerprint density at radius 1 is 1.29 bits per heavy atom. The number of benzene rings is 1. The quantitative estimate of drug-likeness (QED) is 0.727. The number of amides is 1. The fraction of sp³-hybridized carbons (Fsp3) is 0.200. The van der Waals surface area contributed by atoms with Crippen molar-refractivity contribution >= 4 is 23.4 Å². The zero-order valence-electron chi connectivity index (χ0n) is 12.7. The van der Waals surface area contributed by atoms with Crippen LogP contribution in [0.2, 0.25) is 0 Å². The van der Waals surface area contributed by atoms with E-state index in [2.05, 4.69) is 15.6 Å². The van der Waals surface area contributed by atoms with Crippen LogP contribution in [0, 0.1) is 17.5 Å². The van der Waals surface area contributed by atoms with Crippen LogP contribution in [0.15, 0.2) is 24.3 Å². The monoisotopic (exact) mass is 340 g/mol. The Labute approximate surface area is 135 Å². The highest BCUT2D eigenvalue weighted by Crippen LogP contribution is 2.20. The summed E-state index contributed by atoms with van der Waals surface area (Å²) >= 11 is 0. The molecule has 2 rings (SSSR count). The number of rotatable bonds is 5. The van der Waals surface area contributed by atoms with Gasteiger partial charge in [0, 0.05) is 18.2 Å². The summed E-state index contributed by atoms with van der Waals surface area (Å²) < 4.78 is 44.5. The number of aromatic nitrogens is 1. The molecular weight excluding hydrogens is 325 g/mol. The first-order valence-electron chi connectivity index (χ1n) is 6.98. The molecule has 0 aliphatic rings. The Balaban J connectivity index is 2.06. The fourth-order valence-electron chi connectivity index (χ4n) is 1.88. The summed E-state index contributed by atoms with van der Waals surface area (Å²) in [5.41, 5.74) is 5.74. The molecule has 1 aromatic heterocycles. The lowest BCUT2D eigenvalue weighted by Gasteiger charge is -2.11. The van der Waals surface area contributed by atoms with Crippen molar-refractivity contribution < 1.29 is 22.7 Å². The average molecular weight is 340 g/mol. The van der Waals surface area contributed by atoms with Gasteiger partial charge in [0.2, 0.25) is 0 Å². The van der Waals surface area contributed by atoms with Gasteiger partial charge in [-0.1, -0.05) is 0 Å². The summed E-state index contributed by atoms with van der Waals surface area (Å²) in [6.45, 7) is 1.66. The van der Waals surface area contributed by atoms with E-state index in [1.54, 1.807) is 6.92 Å². The van der Waals surface area contributed by atoms with Crippen molar-refractivity contribution in [2.45, 2.75) is 13.5 Å². The number of nitrogens with two attached hydrogens (primary N) is 1. The molecule has 0 saturated heterocycles. The van der Waals surface area contributed by atoms with Crippen molar-refractivity contribution in [1.82, 2.24) is 4.98 Å². The number of nitrogens with zero attached hydrogens (tertiary/aromatic N) is 1. The number of carbonyl (C=O) groups is 1. The second-order valence-corrected chi connectivity index (χ2v) is 4.69. The predicted octanol–water partition coefficient (Wildman–Crippen LogP) is 3.26. The molecule has 128 valence electrons. The van der Waals surface area contributed by atoms with Crippen LogP contribution in [0.1, 0.15) is 12.5 Å². The van der Waals surface area contributed by atoms with E-state index in [9.17, 15) is 18.0 Å². The van der Waals surface area contributed by atoms with Gasteiger partial charge < -0.3 is 15.8 Å². The molecule has 0 saturated carbocycles. The lowest BCUT2D eigenvalue weighted by atomic mass is 10.2. The largest absolute Gasteiger partial charge is 0.450 e. The predicted molar refractivity (Wildman–Crippen MR) is 82.9 cm³/mol. The van der Waals surface area contributed by atoms with Gasteiger partial charge in [-0.15, -0.1) is 0 Å². The Hall–Kier alpha value is -2.97. The van der Waals surface area contributed by atoms with E-state index in [4.69, 9.17) is 10.5 Å². The topological polar surface area (TPSA) is 89.3 Å². The average Bonchev–Trinajstić information content (AvgIpc) is 2.52. The van der Waals surface area contributed by atoms with E-state index in [-0.39, 0.29) is 36.0 Å². The molecule has 24 heavy (non-hydrogen) atoms. The van der Waals surface area contributed by atoms with Gasteiger partial charge in [-0.25, -0.2) is 22.9 Å². The second kappa shape index (κ2) is 7.53. The van der Waals surface area contributed by atoms with Crippen molar-refractivity contribution in [2.75, 3.05) is 23.0 Å². The number of ether oxygens (including phenoxy) is 1. The maximum atomic E-state index is 13.6. The Morgan fingerprint density at radius 2 is 2.04 bits per heavy atom. The Kier molecular flexibility index (Phi) is 5.46. The first-order valence-corrected chi connectivity index (χ1v) is 6.98. The molecule has 0 spiro atoms. The normalized spacial score (nSPS) is 10.3. The summed E-state index contributed by atoms with van der Waals surface area (Å²) in [7, 11) is 0. The van der Waals surface area contributed by atoms with E-state index in [1.807, 2.05) is 0 Å². The summed E-state index contributed by atoms with van der Waals surface area (Å²) in [6, 6.07) is 4.27. The van der Waals surface area contributed by atoms with Crippen LogP contribution in [0.5, 0.6) is 0 Å². The Bertz CT molecular complexity index is 756. The van der Waals surface area contributed by atoms with E-state index >= 15 is 0 Å². The maximum Gasteiger partial charge on any atom is 0.411 e. The molecule has 0 bridgehead atoms. The van der Waals surface area contributed by atoms with Gasteiger partial charge >= 0.3 is 6.09 Å². The van der Waals surface area contributed by atoms with Crippen LogP contribution in [0.4, 0.5) is 35.3 Å². The molecule has 1 heterocycles. The first kappa shape index (κ1) is 17.4. The van der Waals surface area contributed by atoms with Crippen molar-refractivity contribution in [3.8, 4) is 0 Å². The lowest BCUT2D eigenvalue weighted by Crippen LogP contribution is -2.15. The number of halogens is 3. The zero-order chi connectivity index (χ0) is 17.7. The van der Waals surface area contributed by atoms with Gasteiger partial charge in [0.05, 0.1) is 12.3 Å². The SMILES string of the molecule is CCOC(=O)Nc1ccc(NCc2cc(F)cc(F)c2F)nc1N. The summed E-state index contributed by atoms with van der Waals surface area (Å²) in [6.07, 6.45) is -0.677. The van der Waals surface area contributed by atoms with E-state index in [0.29, 0.717) is 6.07 Å². The van der Waals surface area contributed by atoms with Crippen LogP contribution in [-0.2, 0) is 11.3 Å². The van der Waals surface area contributed by atoms with Gasteiger partial charge in [0.15, 0.2) is 11.6 Å². The fourth-order valence-corrected chi connectivity index (χ4v) is 1.88. The Morgan fingerprint density at radius 3 is 2.71 bits per heavy atom. The lowest BCUT2D eigenvalue weighted by molar-refractivity contribution is 0.168. The van der Waals surface area contributed by atoms with Crippen molar-refractivity contribution in [3.05, 3.63) is 47.3 Å². The third-order valence-corrected chi connectivity index (χ3v) is 2.97. The molecule has 0 unspecified atom stereocenters. The molecule has 6 nitrogen and oxygen atoms in total. The molecule has 1 aromatic carbocycles. The molecule has 1 amide bonds. The summed E-state index contributed by atoms with van der Waals surface area (Å²) in [4.78, 5) is 15.3. The molecule has 0 radical (unpaired) electrons. The third kappa shape index (κ3) is 4.28. The molecule has 0 atom stereocenters. The van der Waals surface area contributed by atoms with Crippen molar-refractivity contribution in [2.24, 2.45) is 0 Å². The first-order chi connectivity index (χ1) is 11.4. The van der Waals surface area contributed by atoms with Crippen molar-refractivity contribution in [1.29, 1.82) is 0 Å². The van der Waals surface area contributed by atoms with E-state index in [1.165, 1.54) is 12.1 Å². The smallest absolute Gasteiger partial charge is 0.411 e. The van der Waals surface area contributed by atoms with Gasteiger partial charge in [0.25, 0.3) is 0 Å². The number of carbonyl (C=O) groups excluding carboxylic acids is 1. The maximum absolute atomic E-state index is 13.6. The second-order valence-electron chi connectivity index (χ2n) is 4.69. The number of pyridine rings is 1. The highest BCUT2D eigenvalue weighted by Gasteiger charge is 2.12. The van der Waals surface area contributed by atoms with E-state index in [0.717, 1.165) is 6.07 Å². The van der Waals surface area contributed by atoms with Crippen molar-refractivity contribution in [3.63, 3.8) is 0 Å². The number of hydrogen-bond donors (Lipinski definition) is 3. The van der Waals surface area contributed by atoms with E-state index < -0.39 is 23.5 Å². The minimum Gasteiger partial charge on any atom is -0.450 e. The van der Waals surface area contributed by atoms with Gasteiger partial charge in [-0.2, -0.15) is 0 Å². The molecule has 0 fully saturated rings. The molecule has 2 aromatic rings. The molecular formula is C15H15F3N4O2. The zero-order valence-corrected chi connectivity index (χ0v) is 12.7. The van der Waals surface area contributed by atoms with Crippen LogP contribution < -0.4 is 16.4 Å². The minimum absolute atomic E-state index is 0.000974. The number of anilines is 3. The standard InChI is InChI=1S/C15H15F3N4O2/c1-2-24-15(23)21-11-3-4-12(22-14(11)19)20-7-8-5-9(16)6-10(17)13(8)18/h3-6H,2,7H2,1H3,(H,21,23)(H3,19,20,22). The van der Waals surface area contributed by atoms with Crippen LogP contribution in [0.25, 0.3) is 0 Å².